The molecule has 164 valence electrons. The lowest BCUT2D eigenvalue weighted by molar-refractivity contribution is 0.0922. The maximum atomic E-state index is 14.2. The summed E-state index contributed by atoms with van der Waals surface area (Å²) >= 11 is 1.38. The normalized spacial score (nSPS) is 24.5. The molecule has 2 fully saturated rings. The third kappa shape index (κ3) is 4.29. The fourth-order valence-electron chi connectivity index (χ4n) is 4.08. The number of hydrogen-bond donors (Lipinski definition) is 3. The number of benzene rings is 1. The van der Waals surface area contributed by atoms with Crippen LogP contribution in [0.2, 0.25) is 0 Å². The monoisotopic (exact) mass is 463 g/mol. The number of thiazole rings is 1. The lowest BCUT2D eigenvalue weighted by atomic mass is 9.91. The molecule has 1 aliphatic heterocycles. The average Bonchev–Trinajstić information content (AvgIpc) is 3.43. The molecule has 8 nitrogen and oxygen atoms in total. The Labute approximate surface area is 183 Å². The quantitative estimate of drug-likeness (QED) is 0.627. The zero-order valence-electron chi connectivity index (χ0n) is 16.6. The summed E-state index contributed by atoms with van der Waals surface area (Å²) in [6.07, 6.45) is 4.87. The molecule has 11 heteroatoms. The molecule has 2 heterocycles. The van der Waals surface area contributed by atoms with Crippen LogP contribution < -0.4 is 16.0 Å². The number of hydrogen-bond acceptors (Lipinski definition) is 7. The number of amides is 1. The van der Waals surface area contributed by atoms with Gasteiger partial charge in [0.15, 0.2) is 0 Å². The summed E-state index contributed by atoms with van der Waals surface area (Å²) in [7, 11) is -3.93. The Hall–Kier alpha value is -2.53. The van der Waals surface area contributed by atoms with Crippen LogP contribution in [0.25, 0.3) is 0 Å². The van der Waals surface area contributed by atoms with Gasteiger partial charge in [0.05, 0.1) is 16.9 Å². The van der Waals surface area contributed by atoms with Crippen molar-refractivity contribution in [2.45, 2.75) is 55.5 Å². The van der Waals surface area contributed by atoms with Gasteiger partial charge < -0.3 is 16.0 Å². The standard InChI is InChI=1S/C20H22FN5O3S2/c21-12-7-15(18-17(8-12)31(28,29)26-19(25-18)11-1-2-11)23-13-3-5-14(6-4-13)24-20(27)16-9-30-10-22-16/h7-11,13-14,23H,1-6H2,(H,24,27)(H,25,26). The predicted molar refractivity (Wildman–Crippen MR) is 117 cm³/mol. The van der Waals surface area contributed by atoms with Crippen molar-refractivity contribution in [3.05, 3.63) is 34.5 Å². The van der Waals surface area contributed by atoms with Crippen molar-refractivity contribution in [1.82, 2.24) is 10.3 Å². The van der Waals surface area contributed by atoms with E-state index in [1.165, 1.54) is 17.4 Å². The molecular weight excluding hydrogens is 441 g/mol. The highest BCUT2D eigenvalue weighted by Crippen LogP contribution is 2.40. The summed E-state index contributed by atoms with van der Waals surface area (Å²) in [5.41, 5.74) is 2.86. The highest BCUT2D eigenvalue weighted by molar-refractivity contribution is 7.90. The molecule has 1 aromatic carbocycles. The molecular formula is C20H22FN5O3S2. The van der Waals surface area contributed by atoms with Crippen molar-refractivity contribution in [2.75, 3.05) is 10.6 Å². The van der Waals surface area contributed by atoms with Gasteiger partial charge in [0.25, 0.3) is 15.9 Å². The molecule has 0 spiro atoms. The molecule has 3 aliphatic rings. The Morgan fingerprint density at radius 1 is 1.13 bits per heavy atom. The first-order valence-electron chi connectivity index (χ1n) is 10.3. The van der Waals surface area contributed by atoms with Crippen LogP contribution in [0, 0.1) is 11.7 Å². The van der Waals surface area contributed by atoms with Crippen LogP contribution in [0.5, 0.6) is 0 Å². The Kier molecular flexibility index (Phi) is 5.17. The van der Waals surface area contributed by atoms with Crippen LogP contribution in [0.15, 0.2) is 32.3 Å². The lowest BCUT2D eigenvalue weighted by Crippen LogP contribution is -2.40. The molecule has 1 aromatic heterocycles. The first kappa shape index (κ1) is 20.4. The summed E-state index contributed by atoms with van der Waals surface area (Å²) in [5.74, 6) is -0.229. The maximum absolute atomic E-state index is 14.2. The molecule has 5 rings (SSSR count). The van der Waals surface area contributed by atoms with E-state index in [1.807, 2.05) is 0 Å². The fourth-order valence-corrected chi connectivity index (χ4v) is 5.84. The zero-order chi connectivity index (χ0) is 21.6. The minimum absolute atomic E-state index is 0.0473. The Balaban J connectivity index is 1.28. The van der Waals surface area contributed by atoms with E-state index in [-0.39, 0.29) is 28.8 Å². The molecule has 3 N–H and O–H groups in total. The lowest BCUT2D eigenvalue weighted by Gasteiger charge is -2.31. The fraction of sp³-hybridized carbons (Fsp3) is 0.450. The van der Waals surface area contributed by atoms with Gasteiger partial charge in [0.2, 0.25) is 0 Å². The van der Waals surface area contributed by atoms with Gasteiger partial charge in [-0.2, -0.15) is 8.42 Å². The first-order valence-corrected chi connectivity index (χ1v) is 12.7. The van der Waals surface area contributed by atoms with E-state index in [4.69, 9.17) is 0 Å². The number of aromatic nitrogens is 1. The summed E-state index contributed by atoms with van der Waals surface area (Å²) < 4.78 is 43.2. The smallest absolute Gasteiger partial charge is 0.286 e. The van der Waals surface area contributed by atoms with E-state index in [1.54, 1.807) is 10.9 Å². The number of nitrogens with one attached hydrogen (secondary N) is 3. The van der Waals surface area contributed by atoms with E-state index in [0.717, 1.165) is 44.6 Å². The number of nitrogens with zero attached hydrogens (tertiary/aromatic N) is 2. The van der Waals surface area contributed by atoms with Gasteiger partial charge in [-0.3, -0.25) is 4.79 Å². The molecule has 0 bridgehead atoms. The first-order chi connectivity index (χ1) is 14.9. The van der Waals surface area contributed by atoms with Gasteiger partial charge in [-0.15, -0.1) is 15.7 Å². The second kappa shape index (κ2) is 7.86. The number of carbonyl (C=O) groups excluding carboxylic acids is 1. The number of rotatable bonds is 5. The third-order valence-corrected chi connectivity index (χ3v) is 7.77. The topological polar surface area (TPSA) is 113 Å². The average molecular weight is 464 g/mol. The Bertz CT molecular complexity index is 1140. The second-order valence-corrected chi connectivity index (χ2v) is 10.5. The molecule has 0 atom stereocenters. The molecule has 1 amide bonds. The van der Waals surface area contributed by atoms with Crippen molar-refractivity contribution >= 4 is 44.5 Å². The number of carbonyl (C=O) groups is 1. The van der Waals surface area contributed by atoms with Crippen LogP contribution in [-0.4, -0.2) is 37.2 Å². The summed E-state index contributed by atoms with van der Waals surface area (Å²) in [6, 6.07) is 2.45. The van der Waals surface area contributed by atoms with Crippen LogP contribution in [0.4, 0.5) is 15.8 Å². The van der Waals surface area contributed by atoms with Gasteiger partial charge >= 0.3 is 0 Å². The third-order valence-electron chi connectivity index (χ3n) is 5.87. The summed E-state index contributed by atoms with van der Waals surface area (Å²) in [4.78, 5) is 16.1. The van der Waals surface area contributed by atoms with E-state index < -0.39 is 15.8 Å². The van der Waals surface area contributed by atoms with Crippen molar-refractivity contribution in [3.63, 3.8) is 0 Å². The largest absolute Gasteiger partial charge is 0.381 e. The molecule has 2 aliphatic carbocycles. The minimum Gasteiger partial charge on any atom is -0.381 e. The molecule has 0 unspecified atom stereocenters. The number of amidine groups is 1. The second-order valence-electron chi connectivity index (χ2n) is 8.22. The van der Waals surface area contributed by atoms with Crippen molar-refractivity contribution in [1.29, 1.82) is 0 Å². The number of halogens is 1. The number of sulfonamides is 1. The Morgan fingerprint density at radius 3 is 2.55 bits per heavy atom. The molecule has 2 saturated carbocycles. The van der Waals surface area contributed by atoms with Gasteiger partial charge in [-0.25, -0.2) is 9.37 Å². The van der Waals surface area contributed by atoms with Crippen LogP contribution in [-0.2, 0) is 10.0 Å². The molecule has 0 radical (unpaired) electrons. The zero-order valence-corrected chi connectivity index (χ0v) is 18.2. The maximum Gasteiger partial charge on any atom is 0.286 e. The van der Waals surface area contributed by atoms with Crippen molar-refractivity contribution in [3.8, 4) is 0 Å². The van der Waals surface area contributed by atoms with Crippen LogP contribution in [0.3, 0.4) is 0 Å². The van der Waals surface area contributed by atoms with Crippen molar-refractivity contribution < 1.29 is 17.6 Å². The van der Waals surface area contributed by atoms with E-state index in [9.17, 15) is 17.6 Å². The predicted octanol–water partition coefficient (Wildman–Crippen LogP) is 3.36. The molecule has 0 saturated heterocycles. The highest BCUT2D eigenvalue weighted by Gasteiger charge is 2.36. The Morgan fingerprint density at radius 2 is 1.87 bits per heavy atom. The SMILES string of the molecule is O=C(NC1CCC(Nc2cc(F)cc3c2NC(C2CC2)=NS3(=O)=O)CC1)c1cscn1. The molecule has 31 heavy (non-hydrogen) atoms. The van der Waals surface area contributed by atoms with E-state index in [0.29, 0.717) is 22.9 Å². The van der Waals surface area contributed by atoms with Gasteiger partial charge in [0, 0.05) is 23.4 Å². The number of anilines is 2. The van der Waals surface area contributed by atoms with Crippen LogP contribution >= 0.6 is 11.3 Å². The van der Waals surface area contributed by atoms with E-state index >= 15 is 0 Å². The minimum atomic E-state index is -3.93. The van der Waals surface area contributed by atoms with Crippen LogP contribution in [0.1, 0.15) is 49.0 Å². The van der Waals surface area contributed by atoms with Gasteiger partial charge in [-0.1, -0.05) is 0 Å². The van der Waals surface area contributed by atoms with Gasteiger partial charge in [-0.05, 0) is 50.7 Å². The molecule has 2 aromatic rings. The highest BCUT2D eigenvalue weighted by atomic mass is 32.2. The summed E-state index contributed by atoms with van der Waals surface area (Å²) in [5, 5.41) is 11.2. The van der Waals surface area contributed by atoms with E-state index in [2.05, 4.69) is 25.3 Å². The van der Waals surface area contributed by atoms with Gasteiger partial charge in [0.1, 0.15) is 22.2 Å². The number of fused-ring (bicyclic) bond motifs is 1. The summed E-state index contributed by atoms with van der Waals surface area (Å²) in [6.45, 7) is 0. The van der Waals surface area contributed by atoms with Crippen molar-refractivity contribution in [2.24, 2.45) is 10.3 Å².